The summed E-state index contributed by atoms with van der Waals surface area (Å²) in [6, 6.07) is 2.06. The lowest BCUT2D eigenvalue weighted by Crippen LogP contribution is -2.31. The van der Waals surface area contributed by atoms with Crippen LogP contribution in [-0.4, -0.2) is 37.8 Å². The van der Waals surface area contributed by atoms with Gasteiger partial charge in [0.25, 0.3) is 0 Å². The summed E-state index contributed by atoms with van der Waals surface area (Å²) in [5.41, 5.74) is 1.21. The van der Waals surface area contributed by atoms with Crippen molar-refractivity contribution in [3.05, 3.63) is 21.9 Å². The third kappa shape index (κ3) is 3.55. The van der Waals surface area contributed by atoms with E-state index in [0.29, 0.717) is 6.54 Å². The van der Waals surface area contributed by atoms with E-state index in [1.165, 1.54) is 16.7 Å². The van der Waals surface area contributed by atoms with E-state index in [2.05, 4.69) is 11.4 Å². The molecule has 2 heterocycles. The summed E-state index contributed by atoms with van der Waals surface area (Å²) >= 11 is 1.74. The van der Waals surface area contributed by atoms with E-state index in [-0.39, 0.29) is 18.1 Å². The fraction of sp³-hybridized carbons (Fsp3) is 0.583. The molecule has 0 aromatic carbocycles. The zero-order valence-corrected chi connectivity index (χ0v) is 12.0. The second kappa shape index (κ2) is 5.40. The Labute approximate surface area is 112 Å². The molecule has 1 aromatic heterocycles. The monoisotopic (exact) mass is 287 g/mol. The van der Waals surface area contributed by atoms with Gasteiger partial charge in [0.1, 0.15) is 9.84 Å². The Bertz CT molecular complexity index is 533. The second-order valence-corrected chi connectivity index (χ2v) is 7.93. The lowest BCUT2D eigenvalue weighted by atomic mass is 10.2. The van der Waals surface area contributed by atoms with Crippen LogP contribution in [0.15, 0.2) is 11.4 Å². The number of carbonyl (C=O) groups is 1. The van der Waals surface area contributed by atoms with Crippen LogP contribution in [0.25, 0.3) is 0 Å². The number of carbonyl (C=O) groups excluding carboxylic acids is 1. The van der Waals surface area contributed by atoms with Crippen molar-refractivity contribution in [2.75, 3.05) is 18.6 Å². The molecule has 0 N–H and O–H groups in total. The number of hydrogen-bond acceptors (Lipinski definition) is 4. The largest absolute Gasteiger partial charge is 0.338 e. The van der Waals surface area contributed by atoms with Crippen molar-refractivity contribution in [1.29, 1.82) is 0 Å². The van der Waals surface area contributed by atoms with Crippen LogP contribution in [0.2, 0.25) is 0 Å². The molecule has 1 aromatic rings. The maximum atomic E-state index is 12.0. The van der Waals surface area contributed by atoms with Crippen LogP contribution in [0.5, 0.6) is 0 Å². The van der Waals surface area contributed by atoms with Gasteiger partial charge in [-0.15, -0.1) is 11.3 Å². The first-order valence-electron chi connectivity index (χ1n) is 5.96. The van der Waals surface area contributed by atoms with E-state index < -0.39 is 9.84 Å². The zero-order valence-electron chi connectivity index (χ0n) is 10.4. The van der Waals surface area contributed by atoms with Gasteiger partial charge in [0.15, 0.2) is 0 Å². The van der Waals surface area contributed by atoms with Crippen LogP contribution in [-0.2, 0) is 27.6 Å². The summed E-state index contributed by atoms with van der Waals surface area (Å²) in [5.74, 6) is -0.113. The first kappa shape index (κ1) is 13.5. The van der Waals surface area contributed by atoms with Gasteiger partial charge in [-0.05, 0) is 29.9 Å². The summed E-state index contributed by atoms with van der Waals surface area (Å²) in [6.07, 6.45) is 3.24. The molecule has 0 fully saturated rings. The van der Waals surface area contributed by atoms with Crippen molar-refractivity contribution in [1.82, 2.24) is 4.90 Å². The molecule has 4 nitrogen and oxygen atoms in total. The number of nitrogens with zero attached hydrogens (tertiary/aromatic N) is 1. The summed E-state index contributed by atoms with van der Waals surface area (Å²) in [4.78, 5) is 15.1. The highest BCUT2D eigenvalue weighted by Gasteiger charge is 2.20. The van der Waals surface area contributed by atoms with Crippen molar-refractivity contribution < 1.29 is 13.2 Å². The topological polar surface area (TPSA) is 54.5 Å². The molecule has 6 heteroatoms. The van der Waals surface area contributed by atoms with Crippen molar-refractivity contribution in [3.63, 3.8) is 0 Å². The van der Waals surface area contributed by atoms with Gasteiger partial charge in [-0.25, -0.2) is 8.42 Å². The first-order chi connectivity index (χ1) is 8.46. The van der Waals surface area contributed by atoms with E-state index in [1.54, 1.807) is 16.2 Å². The SMILES string of the molecule is CS(=O)(=O)CCC(=O)N1CCCc2sccc2C1. The standard InChI is InChI=1S/C12H17NO3S2/c1-18(15,16)8-5-12(14)13-6-2-3-11-10(9-13)4-7-17-11/h4,7H,2-3,5-6,8-9H2,1H3. The minimum Gasteiger partial charge on any atom is -0.338 e. The average molecular weight is 287 g/mol. The van der Waals surface area contributed by atoms with Gasteiger partial charge in [-0.2, -0.15) is 0 Å². The van der Waals surface area contributed by atoms with Crippen LogP contribution in [0.1, 0.15) is 23.3 Å². The van der Waals surface area contributed by atoms with Crippen LogP contribution >= 0.6 is 11.3 Å². The number of hydrogen-bond donors (Lipinski definition) is 0. The number of rotatable bonds is 3. The molecule has 1 aliphatic heterocycles. The molecule has 0 bridgehead atoms. The maximum absolute atomic E-state index is 12.0. The molecule has 18 heavy (non-hydrogen) atoms. The van der Waals surface area contributed by atoms with Gasteiger partial charge in [0.2, 0.25) is 5.91 Å². The number of sulfone groups is 1. The Morgan fingerprint density at radius 2 is 2.28 bits per heavy atom. The fourth-order valence-corrected chi connectivity index (χ4v) is 3.57. The van der Waals surface area contributed by atoms with Crippen molar-refractivity contribution in [3.8, 4) is 0 Å². The summed E-state index contributed by atoms with van der Waals surface area (Å²) in [7, 11) is -3.06. The Morgan fingerprint density at radius 1 is 1.50 bits per heavy atom. The van der Waals surface area contributed by atoms with Crippen molar-refractivity contribution >= 4 is 27.1 Å². The highest BCUT2D eigenvalue weighted by Crippen LogP contribution is 2.24. The molecule has 0 saturated carbocycles. The molecule has 1 aliphatic rings. The van der Waals surface area contributed by atoms with E-state index in [4.69, 9.17) is 0 Å². The van der Waals surface area contributed by atoms with E-state index >= 15 is 0 Å². The molecule has 100 valence electrons. The first-order valence-corrected chi connectivity index (χ1v) is 8.90. The number of amides is 1. The number of aryl methyl sites for hydroxylation is 1. The van der Waals surface area contributed by atoms with Crippen molar-refractivity contribution in [2.24, 2.45) is 0 Å². The van der Waals surface area contributed by atoms with Gasteiger partial charge in [0.05, 0.1) is 5.75 Å². The summed E-state index contributed by atoms with van der Waals surface area (Å²) in [6.45, 7) is 1.35. The quantitative estimate of drug-likeness (QED) is 0.845. The predicted molar refractivity (Wildman–Crippen MR) is 72.4 cm³/mol. The van der Waals surface area contributed by atoms with Crippen LogP contribution in [0.3, 0.4) is 0 Å². The van der Waals surface area contributed by atoms with Gasteiger partial charge < -0.3 is 4.90 Å². The highest BCUT2D eigenvalue weighted by molar-refractivity contribution is 7.90. The third-order valence-corrected chi connectivity index (χ3v) is 5.04. The van der Waals surface area contributed by atoms with Crippen LogP contribution < -0.4 is 0 Å². The third-order valence-electron chi connectivity index (χ3n) is 3.07. The normalized spacial score (nSPS) is 16.2. The van der Waals surface area contributed by atoms with Crippen LogP contribution in [0.4, 0.5) is 0 Å². The summed E-state index contributed by atoms with van der Waals surface area (Å²) in [5, 5.41) is 2.05. The van der Waals surface area contributed by atoms with Gasteiger partial charge >= 0.3 is 0 Å². The lowest BCUT2D eigenvalue weighted by Gasteiger charge is -2.20. The molecule has 0 radical (unpaired) electrons. The molecule has 0 unspecified atom stereocenters. The summed E-state index contributed by atoms with van der Waals surface area (Å²) < 4.78 is 22.1. The van der Waals surface area contributed by atoms with Gasteiger partial charge in [0, 0.05) is 30.6 Å². The zero-order chi connectivity index (χ0) is 13.2. The molecule has 1 amide bonds. The molecule has 0 aliphatic carbocycles. The molecule has 0 saturated heterocycles. The fourth-order valence-electron chi connectivity index (χ4n) is 2.09. The molecule has 0 atom stereocenters. The van der Waals surface area contributed by atoms with Crippen molar-refractivity contribution in [2.45, 2.75) is 25.8 Å². The Hall–Kier alpha value is -0.880. The molecular formula is C12H17NO3S2. The Morgan fingerprint density at radius 3 is 3.00 bits per heavy atom. The number of fused-ring (bicyclic) bond motifs is 1. The Kier molecular flexibility index (Phi) is 4.07. The minimum absolute atomic E-state index is 0.0560. The second-order valence-electron chi connectivity index (χ2n) is 4.67. The van der Waals surface area contributed by atoms with Gasteiger partial charge in [-0.3, -0.25) is 4.79 Å². The van der Waals surface area contributed by atoms with E-state index in [0.717, 1.165) is 19.4 Å². The maximum Gasteiger partial charge on any atom is 0.223 e. The number of thiophene rings is 1. The smallest absolute Gasteiger partial charge is 0.223 e. The predicted octanol–water partition coefficient (Wildman–Crippen LogP) is 1.46. The van der Waals surface area contributed by atoms with Crippen LogP contribution in [0, 0.1) is 0 Å². The van der Waals surface area contributed by atoms with Gasteiger partial charge in [-0.1, -0.05) is 0 Å². The minimum atomic E-state index is -3.06. The average Bonchev–Trinajstić information content (AvgIpc) is 2.62. The molecule has 2 rings (SSSR count). The van der Waals surface area contributed by atoms with E-state index in [9.17, 15) is 13.2 Å². The lowest BCUT2D eigenvalue weighted by molar-refractivity contribution is -0.131. The highest BCUT2D eigenvalue weighted by atomic mass is 32.2. The van der Waals surface area contributed by atoms with E-state index in [1.807, 2.05) is 0 Å². The molecule has 0 spiro atoms. The molecular weight excluding hydrogens is 270 g/mol. The Balaban J connectivity index is 1.99.